The number of ether oxygens (including phenoxy) is 1. The summed E-state index contributed by atoms with van der Waals surface area (Å²) in [6, 6.07) is 17.1. The van der Waals surface area contributed by atoms with Crippen molar-refractivity contribution in [2.75, 3.05) is 20.2 Å². The summed E-state index contributed by atoms with van der Waals surface area (Å²) in [6.45, 7) is 3.15. The highest BCUT2D eigenvalue weighted by molar-refractivity contribution is 5.96. The molecule has 0 radical (unpaired) electrons. The zero-order valence-electron chi connectivity index (χ0n) is 19.4. The number of rotatable bonds is 6. The maximum Gasteiger partial charge on any atom is 0.253 e. The molecule has 2 heterocycles. The maximum absolute atomic E-state index is 13.9. The van der Waals surface area contributed by atoms with Crippen molar-refractivity contribution >= 4 is 11.8 Å². The predicted molar refractivity (Wildman–Crippen MR) is 127 cm³/mol. The number of hydrogen-bond donors (Lipinski definition) is 1. The normalized spacial score (nSPS) is 14.0. The monoisotopic (exact) mass is 461 g/mol. The molecular weight excluding hydrogens is 433 g/mol. The molecule has 1 fully saturated rings. The molecule has 0 unspecified atom stereocenters. The van der Waals surface area contributed by atoms with Gasteiger partial charge in [0.1, 0.15) is 11.6 Å². The molecule has 0 atom stereocenters. The third-order valence-electron chi connectivity index (χ3n) is 6.19. The van der Waals surface area contributed by atoms with Crippen LogP contribution in [-0.2, 0) is 6.54 Å². The lowest BCUT2D eigenvalue weighted by molar-refractivity contribution is 0.0710. The van der Waals surface area contributed by atoms with Crippen molar-refractivity contribution in [2.24, 2.45) is 0 Å². The first-order valence-corrected chi connectivity index (χ1v) is 11.4. The molecular formula is C27H28FN3O3. The van der Waals surface area contributed by atoms with E-state index in [-0.39, 0.29) is 30.1 Å². The molecule has 2 amide bonds. The van der Waals surface area contributed by atoms with Gasteiger partial charge in [-0.2, -0.15) is 0 Å². The molecule has 0 bridgehead atoms. The van der Waals surface area contributed by atoms with Crippen LogP contribution in [0.25, 0.3) is 0 Å². The van der Waals surface area contributed by atoms with Crippen LogP contribution in [0.2, 0.25) is 0 Å². The molecule has 1 saturated heterocycles. The van der Waals surface area contributed by atoms with Crippen LogP contribution < -0.4 is 10.1 Å². The number of hydrogen-bond acceptors (Lipinski definition) is 4. The lowest BCUT2D eigenvalue weighted by Crippen LogP contribution is -2.38. The van der Waals surface area contributed by atoms with E-state index in [1.165, 1.54) is 6.07 Å². The Morgan fingerprint density at radius 3 is 2.59 bits per heavy atom. The lowest BCUT2D eigenvalue weighted by atomic mass is 9.89. The van der Waals surface area contributed by atoms with Crippen LogP contribution in [0.3, 0.4) is 0 Å². The van der Waals surface area contributed by atoms with Gasteiger partial charge >= 0.3 is 0 Å². The number of nitrogens with zero attached hydrogens (tertiary/aromatic N) is 2. The summed E-state index contributed by atoms with van der Waals surface area (Å²) < 4.78 is 19.2. The lowest BCUT2D eigenvalue weighted by Gasteiger charge is -2.32. The molecule has 1 aliphatic rings. The Morgan fingerprint density at radius 1 is 1.09 bits per heavy atom. The third kappa shape index (κ3) is 5.25. The van der Waals surface area contributed by atoms with E-state index in [0.717, 1.165) is 11.4 Å². The van der Waals surface area contributed by atoms with Crippen LogP contribution in [0.4, 0.5) is 4.39 Å². The standard InChI is InChI=1S/C27H28FN3O3/c1-18-10-11-23(26(32)29-17-21-6-3-4-9-24(21)28)25(30-18)19-12-14-31(15-13-19)27(33)20-7-5-8-22(16-20)34-2/h3-11,16,19H,12-15,17H2,1-2H3,(H,29,32). The quantitative estimate of drug-likeness (QED) is 0.587. The number of aromatic nitrogens is 1. The topological polar surface area (TPSA) is 71.5 Å². The second-order valence-electron chi connectivity index (χ2n) is 8.46. The van der Waals surface area contributed by atoms with Gasteiger partial charge in [-0.15, -0.1) is 0 Å². The smallest absolute Gasteiger partial charge is 0.253 e. The highest BCUT2D eigenvalue weighted by Gasteiger charge is 2.28. The Hall–Kier alpha value is -3.74. The molecule has 7 heteroatoms. The van der Waals surface area contributed by atoms with E-state index in [4.69, 9.17) is 4.74 Å². The molecule has 1 aliphatic heterocycles. The van der Waals surface area contributed by atoms with Crippen LogP contribution in [0.5, 0.6) is 5.75 Å². The average Bonchev–Trinajstić information content (AvgIpc) is 2.87. The van der Waals surface area contributed by atoms with Gasteiger partial charge in [-0.3, -0.25) is 14.6 Å². The number of halogens is 1. The summed E-state index contributed by atoms with van der Waals surface area (Å²) in [4.78, 5) is 32.4. The molecule has 6 nitrogen and oxygen atoms in total. The van der Waals surface area contributed by atoms with Gasteiger partial charge < -0.3 is 15.0 Å². The minimum atomic E-state index is -0.349. The molecule has 0 spiro atoms. The summed E-state index contributed by atoms with van der Waals surface area (Å²) >= 11 is 0. The minimum absolute atomic E-state index is 0.0302. The Labute approximate surface area is 198 Å². The molecule has 4 rings (SSSR count). The van der Waals surface area contributed by atoms with Gasteiger partial charge in [0.05, 0.1) is 18.4 Å². The van der Waals surface area contributed by atoms with Crippen LogP contribution in [0, 0.1) is 12.7 Å². The van der Waals surface area contributed by atoms with Crippen LogP contribution in [0.1, 0.15) is 56.4 Å². The van der Waals surface area contributed by atoms with Gasteiger partial charge in [0, 0.05) is 42.4 Å². The number of carbonyl (C=O) groups excluding carboxylic acids is 2. The first-order chi connectivity index (χ1) is 16.5. The highest BCUT2D eigenvalue weighted by atomic mass is 19.1. The Kier molecular flexibility index (Phi) is 7.21. The molecule has 0 saturated carbocycles. The molecule has 1 N–H and O–H groups in total. The van der Waals surface area contributed by atoms with Gasteiger partial charge in [0.2, 0.25) is 0 Å². The Bertz CT molecular complexity index is 1190. The van der Waals surface area contributed by atoms with Crippen LogP contribution >= 0.6 is 0 Å². The summed E-state index contributed by atoms with van der Waals surface area (Å²) in [5.74, 6) is 0.0513. The number of carbonyl (C=O) groups is 2. The number of benzene rings is 2. The fraction of sp³-hybridized carbons (Fsp3) is 0.296. The minimum Gasteiger partial charge on any atom is -0.497 e. The van der Waals surface area contributed by atoms with Gasteiger partial charge in [-0.05, 0) is 56.2 Å². The van der Waals surface area contributed by atoms with Crippen molar-refractivity contribution in [1.82, 2.24) is 15.2 Å². The number of methoxy groups -OCH3 is 1. The molecule has 176 valence electrons. The maximum atomic E-state index is 13.9. The van der Waals surface area contributed by atoms with Gasteiger partial charge in [0.25, 0.3) is 11.8 Å². The Morgan fingerprint density at radius 2 is 1.85 bits per heavy atom. The average molecular weight is 462 g/mol. The second-order valence-corrected chi connectivity index (χ2v) is 8.46. The van der Waals surface area contributed by atoms with E-state index < -0.39 is 0 Å². The third-order valence-corrected chi connectivity index (χ3v) is 6.19. The van der Waals surface area contributed by atoms with Crippen molar-refractivity contribution in [3.63, 3.8) is 0 Å². The van der Waals surface area contributed by atoms with Gasteiger partial charge in [0.15, 0.2) is 0 Å². The number of likely N-dealkylation sites (tertiary alicyclic amines) is 1. The van der Waals surface area contributed by atoms with Crippen LogP contribution in [0.15, 0.2) is 60.7 Å². The van der Waals surface area contributed by atoms with Crippen LogP contribution in [-0.4, -0.2) is 41.9 Å². The number of aryl methyl sites for hydroxylation is 1. The fourth-order valence-electron chi connectivity index (χ4n) is 4.29. The zero-order chi connectivity index (χ0) is 24.1. The van der Waals surface area contributed by atoms with E-state index in [1.54, 1.807) is 43.5 Å². The van der Waals surface area contributed by atoms with E-state index in [2.05, 4.69) is 10.3 Å². The predicted octanol–water partition coefficient (Wildman–Crippen LogP) is 4.49. The highest BCUT2D eigenvalue weighted by Crippen LogP contribution is 2.30. The number of pyridine rings is 1. The summed E-state index contributed by atoms with van der Waals surface area (Å²) in [6.07, 6.45) is 1.42. The van der Waals surface area contributed by atoms with E-state index in [1.807, 2.05) is 30.0 Å². The molecule has 3 aromatic rings. The number of nitrogens with one attached hydrogen (secondary N) is 1. The summed E-state index contributed by atoms with van der Waals surface area (Å²) in [5.41, 5.74) is 3.09. The molecule has 0 aliphatic carbocycles. The van der Waals surface area contributed by atoms with Crippen molar-refractivity contribution in [3.8, 4) is 5.75 Å². The zero-order valence-corrected chi connectivity index (χ0v) is 19.4. The molecule has 1 aromatic heterocycles. The first-order valence-electron chi connectivity index (χ1n) is 11.4. The second kappa shape index (κ2) is 10.5. The van der Waals surface area contributed by atoms with Gasteiger partial charge in [-0.25, -0.2) is 4.39 Å². The fourth-order valence-corrected chi connectivity index (χ4v) is 4.29. The summed E-state index contributed by atoms with van der Waals surface area (Å²) in [7, 11) is 1.58. The summed E-state index contributed by atoms with van der Waals surface area (Å²) in [5, 5.41) is 2.82. The van der Waals surface area contributed by atoms with E-state index in [0.29, 0.717) is 48.4 Å². The van der Waals surface area contributed by atoms with Crippen molar-refractivity contribution in [1.29, 1.82) is 0 Å². The van der Waals surface area contributed by atoms with Crippen molar-refractivity contribution in [2.45, 2.75) is 32.2 Å². The van der Waals surface area contributed by atoms with E-state index in [9.17, 15) is 14.0 Å². The largest absolute Gasteiger partial charge is 0.497 e. The van der Waals surface area contributed by atoms with Crippen molar-refractivity contribution in [3.05, 3.63) is 94.6 Å². The van der Waals surface area contributed by atoms with E-state index >= 15 is 0 Å². The SMILES string of the molecule is COc1cccc(C(=O)N2CCC(c3nc(C)ccc3C(=O)NCc3ccccc3F)CC2)c1. The molecule has 2 aromatic carbocycles. The molecule has 34 heavy (non-hydrogen) atoms. The van der Waals surface area contributed by atoms with Gasteiger partial charge in [-0.1, -0.05) is 24.3 Å². The Balaban J connectivity index is 1.44. The first kappa shape index (κ1) is 23.4. The number of piperidine rings is 1. The number of amides is 2. The van der Waals surface area contributed by atoms with Crippen molar-refractivity contribution < 1.29 is 18.7 Å².